The summed E-state index contributed by atoms with van der Waals surface area (Å²) in [5, 5.41) is 10.1. The van der Waals surface area contributed by atoms with Gasteiger partial charge in [0.15, 0.2) is 0 Å². The van der Waals surface area contributed by atoms with Crippen LogP contribution in [0.4, 0.5) is 17.1 Å². The van der Waals surface area contributed by atoms with Crippen LogP contribution in [-0.4, -0.2) is 0 Å². The molecule has 1 aliphatic rings. The third-order valence-corrected chi connectivity index (χ3v) is 14.1. The molecule has 0 spiro atoms. The molecule has 0 atom stereocenters. The van der Waals surface area contributed by atoms with Crippen LogP contribution in [0.3, 0.4) is 0 Å². The van der Waals surface area contributed by atoms with Gasteiger partial charge in [-0.25, -0.2) is 0 Å². The quantitative estimate of drug-likeness (QED) is 0.145. The Bertz CT molecular complexity index is 3770. The largest absolute Gasteiger partial charge is 0.310 e. The summed E-state index contributed by atoms with van der Waals surface area (Å²) in [5.74, 6) is 0. The fourth-order valence-electron chi connectivity index (χ4n) is 11.2. The molecule has 0 bridgehead atoms. The molecule has 12 aromatic carbocycles. The average molecular weight is 838 g/mol. The van der Waals surface area contributed by atoms with Gasteiger partial charge in [0, 0.05) is 17.1 Å². The number of nitrogens with zero attached hydrogens (tertiary/aromatic N) is 1. The van der Waals surface area contributed by atoms with Gasteiger partial charge in [0.25, 0.3) is 0 Å². The van der Waals surface area contributed by atoms with Crippen molar-refractivity contribution in [3.8, 4) is 33.4 Å². The highest BCUT2D eigenvalue weighted by Gasteiger charge is 2.46. The van der Waals surface area contributed by atoms with Gasteiger partial charge in [-0.15, -0.1) is 0 Å². The molecule has 0 fully saturated rings. The van der Waals surface area contributed by atoms with E-state index in [9.17, 15) is 0 Å². The molecule has 0 unspecified atom stereocenters. The lowest BCUT2D eigenvalue weighted by Crippen LogP contribution is -2.28. The SMILES string of the molecule is c1ccc(C2(c3ccccc3)c3ccccc3-c3cc(N(c4ccc(-c5cc6ccccc6c6ccccc56)cc4)c4cccc(-c5cc6ccccc6c6ccccc56)c4)ccc32)cc1. The Morgan fingerprint density at radius 3 is 1.33 bits per heavy atom. The van der Waals surface area contributed by atoms with Crippen molar-refractivity contribution in [2.75, 3.05) is 4.90 Å². The Morgan fingerprint density at radius 2 is 0.712 bits per heavy atom. The Hall–Kier alpha value is -8.52. The Morgan fingerprint density at radius 1 is 0.242 bits per heavy atom. The first kappa shape index (κ1) is 38.0. The van der Waals surface area contributed by atoms with E-state index >= 15 is 0 Å². The topological polar surface area (TPSA) is 3.24 Å². The number of hydrogen-bond donors (Lipinski definition) is 0. The second-order valence-corrected chi connectivity index (χ2v) is 17.6. The Balaban J connectivity index is 1.02. The van der Waals surface area contributed by atoms with Gasteiger partial charge in [-0.3, -0.25) is 0 Å². The third-order valence-electron chi connectivity index (χ3n) is 14.1. The number of anilines is 3. The highest BCUT2D eigenvalue weighted by molar-refractivity contribution is 6.15. The summed E-state index contributed by atoms with van der Waals surface area (Å²) in [4.78, 5) is 2.45. The summed E-state index contributed by atoms with van der Waals surface area (Å²) >= 11 is 0. The van der Waals surface area contributed by atoms with Crippen molar-refractivity contribution < 1.29 is 0 Å². The van der Waals surface area contributed by atoms with Crippen molar-refractivity contribution in [2.45, 2.75) is 5.41 Å². The maximum absolute atomic E-state index is 2.45. The number of hydrogen-bond acceptors (Lipinski definition) is 1. The summed E-state index contributed by atoms with van der Waals surface area (Å²) in [7, 11) is 0. The number of fused-ring (bicyclic) bond motifs is 9. The summed E-state index contributed by atoms with van der Waals surface area (Å²) in [6, 6.07) is 96.4. The van der Waals surface area contributed by atoms with Crippen LogP contribution >= 0.6 is 0 Å². The van der Waals surface area contributed by atoms with Crippen LogP contribution in [-0.2, 0) is 5.41 Å². The highest BCUT2D eigenvalue weighted by atomic mass is 15.1. The van der Waals surface area contributed by atoms with E-state index in [1.807, 2.05) is 0 Å². The van der Waals surface area contributed by atoms with E-state index in [-0.39, 0.29) is 0 Å². The van der Waals surface area contributed by atoms with Crippen LogP contribution in [0.25, 0.3) is 76.5 Å². The van der Waals surface area contributed by atoms with Gasteiger partial charge in [-0.05, 0) is 147 Å². The lowest BCUT2D eigenvalue weighted by Gasteiger charge is -2.34. The van der Waals surface area contributed by atoms with E-state index in [2.05, 4.69) is 266 Å². The van der Waals surface area contributed by atoms with Gasteiger partial charge in [0.2, 0.25) is 0 Å². The van der Waals surface area contributed by atoms with Gasteiger partial charge in [-0.1, -0.05) is 212 Å². The zero-order valence-corrected chi connectivity index (χ0v) is 36.3. The Labute approximate surface area is 385 Å². The van der Waals surface area contributed by atoms with Crippen LogP contribution < -0.4 is 4.90 Å². The summed E-state index contributed by atoms with van der Waals surface area (Å²) in [5.41, 5.74) is 15.3. The molecule has 0 aromatic heterocycles. The molecular weight excluding hydrogens is 795 g/mol. The van der Waals surface area contributed by atoms with Crippen LogP contribution in [0, 0.1) is 0 Å². The maximum Gasteiger partial charge on any atom is 0.0713 e. The number of benzene rings is 12. The van der Waals surface area contributed by atoms with Crippen molar-refractivity contribution in [1.29, 1.82) is 0 Å². The first-order valence-corrected chi connectivity index (χ1v) is 22.9. The van der Waals surface area contributed by atoms with E-state index in [1.165, 1.54) is 98.7 Å². The first-order chi connectivity index (χ1) is 32.7. The molecule has 0 radical (unpaired) electrons. The van der Waals surface area contributed by atoms with Crippen molar-refractivity contribution in [3.63, 3.8) is 0 Å². The van der Waals surface area contributed by atoms with E-state index in [0.29, 0.717) is 0 Å². The molecule has 0 aliphatic heterocycles. The molecule has 1 heteroatoms. The molecule has 0 saturated carbocycles. The van der Waals surface area contributed by atoms with Gasteiger partial charge in [0.05, 0.1) is 5.41 Å². The van der Waals surface area contributed by atoms with Gasteiger partial charge >= 0.3 is 0 Å². The van der Waals surface area contributed by atoms with E-state index in [4.69, 9.17) is 0 Å². The van der Waals surface area contributed by atoms with Crippen LogP contribution in [0.5, 0.6) is 0 Å². The molecule has 66 heavy (non-hydrogen) atoms. The molecule has 0 amide bonds. The summed E-state index contributed by atoms with van der Waals surface area (Å²) in [6.07, 6.45) is 0. The fraction of sp³-hybridized carbons (Fsp3) is 0.0154. The minimum absolute atomic E-state index is 0.473. The summed E-state index contributed by atoms with van der Waals surface area (Å²) in [6.45, 7) is 0. The maximum atomic E-state index is 2.45. The molecular formula is C65H43N. The average Bonchev–Trinajstić information content (AvgIpc) is 3.69. The molecule has 1 nitrogen and oxygen atoms in total. The van der Waals surface area contributed by atoms with Gasteiger partial charge in [0.1, 0.15) is 0 Å². The third kappa shape index (κ3) is 5.87. The minimum Gasteiger partial charge on any atom is -0.310 e. The van der Waals surface area contributed by atoms with Crippen molar-refractivity contribution in [2.24, 2.45) is 0 Å². The molecule has 13 rings (SSSR count). The minimum atomic E-state index is -0.473. The monoisotopic (exact) mass is 837 g/mol. The predicted molar refractivity (Wildman–Crippen MR) is 279 cm³/mol. The molecule has 0 N–H and O–H groups in total. The molecule has 0 saturated heterocycles. The van der Waals surface area contributed by atoms with Crippen molar-refractivity contribution >= 4 is 60.2 Å². The predicted octanol–water partition coefficient (Wildman–Crippen LogP) is 17.5. The van der Waals surface area contributed by atoms with Crippen LogP contribution in [0.2, 0.25) is 0 Å². The van der Waals surface area contributed by atoms with E-state index in [0.717, 1.165) is 17.1 Å². The Kier molecular flexibility index (Phi) is 8.82. The zero-order chi connectivity index (χ0) is 43.6. The van der Waals surface area contributed by atoms with Gasteiger partial charge < -0.3 is 4.90 Å². The normalized spacial score (nSPS) is 12.7. The van der Waals surface area contributed by atoms with Crippen LogP contribution in [0.15, 0.2) is 261 Å². The smallest absolute Gasteiger partial charge is 0.0713 e. The summed E-state index contributed by atoms with van der Waals surface area (Å²) < 4.78 is 0. The van der Waals surface area contributed by atoms with Crippen LogP contribution in [0.1, 0.15) is 22.3 Å². The lowest BCUT2D eigenvalue weighted by molar-refractivity contribution is 0.768. The fourth-order valence-corrected chi connectivity index (χ4v) is 11.2. The highest BCUT2D eigenvalue weighted by Crippen LogP contribution is 2.57. The molecule has 308 valence electrons. The van der Waals surface area contributed by atoms with Crippen molar-refractivity contribution in [3.05, 3.63) is 283 Å². The second-order valence-electron chi connectivity index (χ2n) is 17.6. The number of rotatable bonds is 7. The molecule has 1 aliphatic carbocycles. The van der Waals surface area contributed by atoms with Crippen molar-refractivity contribution in [1.82, 2.24) is 0 Å². The molecule has 12 aromatic rings. The van der Waals surface area contributed by atoms with E-state index < -0.39 is 5.41 Å². The lowest BCUT2D eigenvalue weighted by atomic mass is 9.68. The second kappa shape index (κ2) is 15.3. The molecule has 0 heterocycles. The standard InChI is InChI=1S/C65H43N/c1-3-21-48(22-4-1)65(49-23-5-2-6-24-49)63-33-16-15-32-59(63)62-43-52(38-39-64(62)65)66(50-36-34-44(35-37-50)60-41-46-18-7-9-26-53(46)55-28-11-13-30-57(55)60)51-25-17-20-45(40-51)61-42-47-19-8-10-27-54(47)56-29-12-14-31-58(56)61/h1-43H. The van der Waals surface area contributed by atoms with E-state index in [1.54, 1.807) is 0 Å². The van der Waals surface area contributed by atoms with Gasteiger partial charge in [-0.2, -0.15) is 0 Å². The zero-order valence-electron chi connectivity index (χ0n) is 36.3. The first-order valence-electron chi connectivity index (χ1n) is 22.9.